The van der Waals surface area contributed by atoms with Crippen molar-refractivity contribution in [3.05, 3.63) is 69.2 Å². The predicted octanol–water partition coefficient (Wildman–Crippen LogP) is 3.88. The van der Waals surface area contributed by atoms with Crippen LogP contribution in [0.15, 0.2) is 53.3 Å². The van der Waals surface area contributed by atoms with Crippen LogP contribution in [0.5, 0.6) is 5.75 Å². The van der Waals surface area contributed by atoms with E-state index >= 15 is 0 Å². The van der Waals surface area contributed by atoms with Crippen molar-refractivity contribution in [2.45, 2.75) is 38.8 Å². The van der Waals surface area contributed by atoms with Gasteiger partial charge in [-0.25, -0.2) is 0 Å². The van der Waals surface area contributed by atoms with Crippen LogP contribution in [0, 0.1) is 4.77 Å². The second-order valence-electron chi connectivity index (χ2n) is 8.32. The minimum Gasteiger partial charge on any atom is -0.492 e. The van der Waals surface area contributed by atoms with Crippen molar-refractivity contribution >= 4 is 29.0 Å². The first-order valence-electron chi connectivity index (χ1n) is 11.3. The molecule has 176 valence electrons. The predicted molar refractivity (Wildman–Crippen MR) is 134 cm³/mol. The quantitative estimate of drug-likeness (QED) is 0.312. The van der Waals surface area contributed by atoms with Gasteiger partial charge in [-0.05, 0) is 69.0 Å². The van der Waals surface area contributed by atoms with Gasteiger partial charge in [-0.2, -0.15) is 0 Å². The Morgan fingerprint density at radius 2 is 1.85 bits per heavy atom. The topological polar surface area (TPSA) is 79.4 Å². The lowest BCUT2D eigenvalue weighted by Gasteiger charge is -2.11. The summed E-state index contributed by atoms with van der Waals surface area (Å²) in [4.78, 5) is 30.0. The first-order chi connectivity index (χ1) is 15.9. The van der Waals surface area contributed by atoms with Gasteiger partial charge in [0.15, 0.2) is 4.77 Å². The molecule has 0 aliphatic carbocycles. The van der Waals surface area contributed by atoms with Crippen molar-refractivity contribution in [3.8, 4) is 5.75 Å². The molecule has 0 atom stereocenters. The monoisotopic (exact) mass is 468 g/mol. The zero-order valence-corrected chi connectivity index (χ0v) is 20.1. The minimum atomic E-state index is -0.0683. The Balaban J connectivity index is 1.35. The number of benzene rings is 2. The van der Waals surface area contributed by atoms with E-state index in [1.165, 1.54) is 0 Å². The van der Waals surface area contributed by atoms with Gasteiger partial charge in [-0.15, -0.1) is 0 Å². The zero-order valence-electron chi connectivity index (χ0n) is 19.3. The van der Waals surface area contributed by atoms with Gasteiger partial charge in [0.05, 0.1) is 10.9 Å². The summed E-state index contributed by atoms with van der Waals surface area (Å²) in [5, 5.41) is 3.60. The van der Waals surface area contributed by atoms with Crippen molar-refractivity contribution in [1.29, 1.82) is 0 Å². The summed E-state index contributed by atoms with van der Waals surface area (Å²) in [5.74, 6) is 0.860. The molecule has 0 radical (unpaired) electrons. The summed E-state index contributed by atoms with van der Waals surface area (Å²) in [7, 11) is 4.02. The van der Waals surface area contributed by atoms with E-state index in [1.807, 2.05) is 56.6 Å². The highest BCUT2D eigenvalue weighted by Crippen LogP contribution is 2.12. The van der Waals surface area contributed by atoms with E-state index in [0.717, 1.165) is 42.6 Å². The maximum atomic E-state index is 12.6. The summed E-state index contributed by atoms with van der Waals surface area (Å²) in [6.45, 7) is 2.55. The molecule has 3 aromatic rings. The molecule has 0 unspecified atom stereocenters. The number of likely N-dealkylation sites (N-methyl/N-ethyl adjacent to an activating group) is 1. The lowest BCUT2D eigenvalue weighted by Crippen LogP contribution is -2.23. The number of nitrogens with one attached hydrogen (secondary N) is 2. The third-order valence-corrected chi connectivity index (χ3v) is 5.72. The maximum Gasteiger partial charge on any atom is 0.262 e. The number of aromatic nitrogens is 2. The van der Waals surface area contributed by atoms with Gasteiger partial charge in [0, 0.05) is 26.1 Å². The molecule has 33 heavy (non-hydrogen) atoms. The van der Waals surface area contributed by atoms with Crippen molar-refractivity contribution in [2.75, 3.05) is 27.2 Å². The van der Waals surface area contributed by atoms with E-state index in [2.05, 4.69) is 15.2 Å². The number of fused-ring (bicyclic) bond motifs is 1. The average molecular weight is 469 g/mol. The van der Waals surface area contributed by atoms with Gasteiger partial charge >= 0.3 is 0 Å². The van der Waals surface area contributed by atoms with Gasteiger partial charge in [-0.1, -0.05) is 30.7 Å². The summed E-state index contributed by atoms with van der Waals surface area (Å²) in [6, 6.07) is 15.2. The Labute approximate surface area is 199 Å². The second-order valence-corrected chi connectivity index (χ2v) is 8.70. The summed E-state index contributed by atoms with van der Waals surface area (Å²) < 4.78 is 7.72. The summed E-state index contributed by atoms with van der Waals surface area (Å²) in [6.07, 6.45) is 2.87. The SMILES string of the molecule is CN(C)CCOc1ccc(CNC(=O)CCCCCn2c(=S)[nH]c3ccccc3c2=O)cc1. The van der Waals surface area contributed by atoms with Crippen molar-refractivity contribution in [1.82, 2.24) is 19.8 Å². The van der Waals surface area contributed by atoms with Gasteiger partial charge in [0.1, 0.15) is 12.4 Å². The Bertz CT molecular complexity index is 1170. The molecular weight excluding hydrogens is 436 g/mol. The number of H-pyrrole nitrogens is 1. The number of unbranched alkanes of at least 4 members (excludes halogenated alkanes) is 2. The van der Waals surface area contributed by atoms with Gasteiger partial charge in [-0.3, -0.25) is 14.2 Å². The van der Waals surface area contributed by atoms with Gasteiger partial charge in [0.25, 0.3) is 5.56 Å². The van der Waals surface area contributed by atoms with Crippen molar-refractivity contribution < 1.29 is 9.53 Å². The molecule has 0 saturated carbocycles. The van der Waals surface area contributed by atoms with Crippen LogP contribution in [0.2, 0.25) is 0 Å². The fourth-order valence-electron chi connectivity index (χ4n) is 3.47. The van der Waals surface area contributed by atoms with Crippen LogP contribution in [0.4, 0.5) is 0 Å². The van der Waals surface area contributed by atoms with Crippen molar-refractivity contribution in [3.63, 3.8) is 0 Å². The second kappa shape index (κ2) is 12.3. The highest BCUT2D eigenvalue weighted by Gasteiger charge is 2.06. The van der Waals surface area contributed by atoms with Crippen LogP contribution in [-0.4, -0.2) is 47.6 Å². The number of para-hydroxylation sites is 1. The first-order valence-corrected chi connectivity index (χ1v) is 11.7. The van der Waals surface area contributed by atoms with E-state index < -0.39 is 0 Å². The lowest BCUT2D eigenvalue weighted by atomic mass is 10.1. The zero-order chi connectivity index (χ0) is 23.6. The highest BCUT2D eigenvalue weighted by atomic mass is 32.1. The van der Waals surface area contributed by atoms with E-state index in [0.29, 0.717) is 36.3 Å². The lowest BCUT2D eigenvalue weighted by molar-refractivity contribution is -0.121. The first kappa shape index (κ1) is 24.7. The Morgan fingerprint density at radius 1 is 1.09 bits per heavy atom. The smallest absolute Gasteiger partial charge is 0.262 e. The number of rotatable bonds is 12. The third-order valence-electron chi connectivity index (χ3n) is 5.40. The molecule has 0 saturated heterocycles. The average Bonchev–Trinajstić information content (AvgIpc) is 2.80. The molecular formula is C25H32N4O3S. The Hall–Kier alpha value is -2.97. The Kier molecular flexibility index (Phi) is 9.21. The summed E-state index contributed by atoms with van der Waals surface area (Å²) in [5.41, 5.74) is 1.72. The number of aromatic amines is 1. The van der Waals surface area contributed by atoms with Gasteiger partial charge in [0.2, 0.25) is 5.91 Å². The summed E-state index contributed by atoms with van der Waals surface area (Å²) >= 11 is 5.34. The molecule has 1 amide bonds. The number of nitrogens with zero attached hydrogens (tertiary/aromatic N) is 2. The number of ether oxygens (including phenoxy) is 1. The largest absolute Gasteiger partial charge is 0.492 e. The van der Waals surface area contributed by atoms with Crippen molar-refractivity contribution in [2.24, 2.45) is 0 Å². The number of carbonyl (C=O) groups is 1. The molecule has 3 rings (SSSR count). The molecule has 7 nitrogen and oxygen atoms in total. The molecule has 2 N–H and O–H groups in total. The number of carbonyl (C=O) groups excluding carboxylic acids is 1. The Morgan fingerprint density at radius 3 is 2.61 bits per heavy atom. The highest BCUT2D eigenvalue weighted by molar-refractivity contribution is 7.71. The normalized spacial score (nSPS) is 11.1. The standard InChI is InChI=1S/C25H32N4O3S/c1-28(2)16-17-32-20-13-11-19(12-14-20)18-26-23(30)10-4-3-7-15-29-24(31)21-8-5-6-9-22(21)27-25(29)33/h5-6,8-9,11-14H,3-4,7,10,15-18H2,1-2H3,(H,26,30)(H,27,33). The van der Waals surface area contributed by atoms with Crippen LogP contribution in [0.25, 0.3) is 10.9 Å². The molecule has 2 aromatic carbocycles. The molecule has 8 heteroatoms. The van der Waals surface area contributed by atoms with E-state index in [1.54, 1.807) is 10.6 Å². The molecule has 0 aliphatic heterocycles. The van der Waals surface area contributed by atoms with Crippen LogP contribution in [0.1, 0.15) is 31.2 Å². The number of amides is 1. The number of hydrogen-bond acceptors (Lipinski definition) is 5. The molecule has 0 fully saturated rings. The van der Waals surface area contributed by atoms with Crippen LogP contribution < -0.4 is 15.6 Å². The van der Waals surface area contributed by atoms with E-state index in [4.69, 9.17) is 17.0 Å². The molecule has 0 spiro atoms. The molecule has 0 aliphatic rings. The van der Waals surface area contributed by atoms with E-state index in [-0.39, 0.29) is 11.5 Å². The van der Waals surface area contributed by atoms with Gasteiger partial charge < -0.3 is 19.9 Å². The van der Waals surface area contributed by atoms with Crippen LogP contribution >= 0.6 is 12.2 Å². The molecule has 1 aromatic heterocycles. The minimum absolute atomic E-state index is 0.0291. The number of hydrogen-bond donors (Lipinski definition) is 2. The molecule has 1 heterocycles. The third kappa shape index (κ3) is 7.54. The van der Waals surface area contributed by atoms with Crippen LogP contribution in [-0.2, 0) is 17.9 Å². The maximum absolute atomic E-state index is 12.6. The molecule has 0 bridgehead atoms. The van der Waals surface area contributed by atoms with E-state index in [9.17, 15) is 9.59 Å². The fourth-order valence-corrected chi connectivity index (χ4v) is 3.76. The fraction of sp³-hybridized carbons (Fsp3) is 0.400. The van der Waals surface area contributed by atoms with Crippen LogP contribution in [0.3, 0.4) is 0 Å².